The third-order valence-electron chi connectivity index (χ3n) is 4.91. The first-order valence-electron chi connectivity index (χ1n) is 10.2. The van der Waals surface area contributed by atoms with Crippen LogP contribution in [0.1, 0.15) is 12.5 Å². The number of non-ortho nitro benzene ring substituents is 1. The molecule has 0 aliphatic rings. The monoisotopic (exact) mass is 473 g/mol. The van der Waals surface area contributed by atoms with E-state index >= 15 is 0 Å². The Bertz CT molecular complexity index is 1470. The number of hydrogen-bond donors (Lipinski definition) is 1. The normalized spacial score (nSPS) is 11.4. The van der Waals surface area contributed by atoms with Crippen molar-refractivity contribution in [2.24, 2.45) is 5.10 Å². The van der Waals surface area contributed by atoms with E-state index in [1.807, 2.05) is 18.2 Å². The summed E-state index contributed by atoms with van der Waals surface area (Å²) < 4.78 is 1.48. The summed E-state index contributed by atoms with van der Waals surface area (Å²) in [7, 11) is 0. The molecule has 34 heavy (non-hydrogen) atoms. The maximum atomic E-state index is 13.2. The fraction of sp³-hybridized carbons (Fsp3) is 0.0833. The number of hydrazone groups is 1. The largest absolute Gasteiger partial charge is 0.272 e. The van der Waals surface area contributed by atoms with Crippen molar-refractivity contribution in [3.8, 4) is 5.69 Å². The van der Waals surface area contributed by atoms with Crippen molar-refractivity contribution < 1.29 is 9.72 Å². The van der Waals surface area contributed by atoms with E-state index < -0.39 is 10.8 Å². The molecule has 0 saturated carbocycles. The lowest BCUT2D eigenvalue weighted by molar-refractivity contribution is -0.384. The smallest absolute Gasteiger partial charge is 0.270 e. The van der Waals surface area contributed by atoms with E-state index in [1.165, 1.54) is 16.7 Å². The molecule has 1 amide bonds. The van der Waals surface area contributed by atoms with Gasteiger partial charge in [0.05, 0.1) is 33.0 Å². The number of nitrogens with zero attached hydrogens (tertiary/aromatic N) is 4. The van der Waals surface area contributed by atoms with Crippen LogP contribution in [0, 0.1) is 10.1 Å². The molecule has 1 N–H and O–H groups in total. The molecule has 0 aliphatic carbocycles. The Hall–Kier alpha value is -4.31. The average Bonchev–Trinajstić information content (AvgIpc) is 2.86. The Kier molecular flexibility index (Phi) is 6.79. The molecule has 4 rings (SSSR count). The zero-order chi connectivity index (χ0) is 24.1. The number of hydrogen-bond acceptors (Lipinski definition) is 7. The van der Waals surface area contributed by atoms with Crippen LogP contribution in [0.4, 0.5) is 5.69 Å². The second kappa shape index (κ2) is 10.1. The van der Waals surface area contributed by atoms with Gasteiger partial charge in [0.1, 0.15) is 0 Å². The molecule has 0 aliphatic heterocycles. The van der Waals surface area contributed by atoms with Crippen LogP contribution in [0.15, 0.2) is 93.9 Å². The van der Waals surface area contributed by atoms with Crippen LogP contribution in [-0.2, 0) is 4.79 Å². The molecule has 0 spiro atoms. The summed E-state index contributed by atoms with van der Waals surface area (Å²) in [5, 5.41) is 15.9. The summed E-state index contributed by atoms with van der Waals surface area (Å²) >= 11 is 1.11. The Labute approximate surface area is 198 Å². The van der Waals surface area contributed by atoms with Gasteiger partial charge >= 0.3 is 0 Å². The minimum atomic E-state index is -0.491. The number of benzene rings is 3. The molecule has 1 heterocycles. The average molecular weight is 474 g/mol. The van der Waals surface area contributed by atoms with Gasteiger partial charge < -0.3 is 0 Å². The van der Waals surface area contributed by atoms with Crippen LogP contribution in [-0.4, -0.2) is 31.8 Å². The standard InChI is InChI=1S/C24H19N5O4S/c1-16(17-8-7-11-19(14-17)29(32)33)26-27-22(30)15-34-24-25-21-13-6-5-12-20(21)23(31)28(24)18-9-3-2-4-10-18/h2-14H,15H2,1H3,(H,27,30)/b26-16-. The molecule has 1 aromatic heterocycles. The van der Waals surface area contributed by atoms with Crippen LogP contribution in [0.3, 0.4) is 0 Å². The number of nitrogens with one attached hydrogen (secondary N) is 1. The topological polar surface area (TPSA) is 119 Å². The van der Waals surface area contributed by atoms with Crippen LogP contribution >= 0.6 is 11.8 Å². The predicted molar refractivity (Wildman–Crippen MR) is 132 cm³/mol. The fourth-order valence-corrected chi connectivity index (χ4v) is 4.04. The van der Waals surface area contributed by atoms with Crippen molar-refractivity contribution in [1.29, 1.82) is 0 Å². The summed E-state index contributed by atoms with van der Waals surface area (Å²) in [5.74, 6) is -0.444. The van der Waals surface area contributed by atoms with Crippen molar-refractivity contribution in [2.75, 3.05) is 5.75 Å². The molecule has 3 aromatic carbocycles. The van der Waals surface area contributed by atoms with Crippen molar-refractivity contribution in [3.63, 3.8) is 0 Å². The molecule has 9 nitrogen and oxygen atoms in total. The third kappa shape index (κ3) is 5.02. The number of fused-ring (bicyclic) bond motifs is 1. The van der Waals surface area contributed by atoms with Gasteiger partial charge in [0, 0.05) is 17.7 Å². The summed E-state index contributed by atoms with van der Waals surface area (Å²) in [6.45, 7) is 1.64. The maximum absolute atomic E-state index is 13.2. The van der Waals surface area contributed by atoms with Crippen molar-refractivity contribution >= 4 is 40.0 Å². The number of nitro groups is 1. The molecule has 4 aromatic rings. The summed E-state index contributed by atoms with van der Waals surface area (Å²) in [4.78, 5) is 40.7. The number of aromatic nitrogens is 2. The third-order valence-corrected chi connectivity index (χ3v) is 5.85. The van der Waals surface area contributed by atoms with Crippen LogP contribution in [0.2, 0.25) is 0 Å². The van der Waals surface area contributed by atoms with Gasteiger partial charge in [0.15, 0.2) is 5.16 Å². The molecule has 170 valence electrons. The van der Waals surface area contributed by atoms with E-state index in [1.54, 1.807) is 55.5 Å². The number of thioether (sulfide) groups is 1. The highest BCUT2D eigenvalue weighted by Gasteiger charge is 2.15. The number of carbonyl (C=O) groups excluding carboxylic acids is 1. The number of para-hydroxylation sites is 2. The number of rotatable bonds is 7. The minimum Gasteiger partial charge on any atom is -0.272 e. The maximum Gasteiger partial charge on any atom is 0.270 e. The van der Waals surface area contributed by atoms with E-state index in [-0.39, 0.29) is 17.0 Å². The quantitative estimate of drug-likeness (QED) is 0.143. The summed E-state index contributed by atoms with van der Waals surface area (Å²) in [6.07, 6.45) is 0. The molecule has 0 saturated heterocycles. The Morgan fingerprint density at radius 1 is 1.09 bits per heavy atom. The van der Waals surface area contributed by atoms with Gasteiger partial charge in [-0.15, -0.1) is 0 Å². The van der Waals surface area contributed by atoms with Crippen LogP contribution in [0.5, 0.6) is 0 Å². The van der Waals surface area contributed by atoms with Crippen molar-refractivity contribution in [1.82, 2.24) is 15.0 Å². The van der Waals surface area contributed by atoms with Gasteiger partial charge in [-0.2, -0.15) is 5.10 Å². The van der Waals surface area contributed by atoms with Gasteiger partial charge in [-0.3, -0.25) is 24.3 Å². The van der Waals surface area contributed by atoms with E-state index in [2.05, 4.69) is 15.5 Å². The zero-order valence-electron chi connectivity index (χ0n) is 18.0. The van der Waals surface area contributed by atoms with Gasteiger partial charge in [-0.05, 0) is 31.2 Å². The zero-order valence-corrected chi connectivity index (χ0v) is 18.9. The summed E-state index contributed by atoms with van der Waals surface area (Å²) in [5.41, 5.74) is 4.31. The van der Waals surface area contributed by atoms with Gasteiger partial charge in [0.2, 0.25) is 0 Å². The molecule has 0 fully saturated rings. The number of nitro benzene ring substituents is 1. The molecular weight excluding hydrogens is 454 g/mol. The van der Waals surface area contributed by atoms with Gasteiger partial charge in [-0.1, -0.05) is 54.2 Å². The van der Waals surface area contributed by atoms with E-state index in [0.29, 0.717) is 33.0 Å². The minimum absolute atomic E-state index is 0.0384. The van der Waals surface area contributed by atoms with E-state index in [9.17, 15) is 19.7 Å². The number of carbonyl (C=O) groups is 1. The molecule has 10 heteroatoms. The molecule has 0 bridgehead atoms. The lowest BCUT2D eigenvalue weighted by Gasteiger charge is -2.13. The fourth-order valence-electron chi connectivity index (χ4n) is 3.23. The van der Waals surface area contributed by atoms with Gasteiger partial charge in [0.25, 0.3) is 17.2 Å². The molecule has 0 atom stereocenters. The predicted octanol–water partition coefficient (Wildman–Crippen LogP) is 3.93. The van der Waals surface area contributed by atoms with Crippen molar-refractivity contribution in [2.45, 2.75) is 12.1 Å². The molecule has 0 radical (unpaired) electrons. The second-order valence-corrected chi connectivity index (χ2v) is 8.16. The highest BCUT2D eigenvalue weighted by molar-refractivity contribution is 7.99. The second-order valence-electron chi connectivity index (χ2n) is 7.22. The van der Waals surface area contributed by atoms with E-state index in [4.69, 9.17) is 0 Å². The Morgan fingerprint density at radius 2 is 1.82 bits per heavy atom. The lowest BCUT2D eigenvalue weighted by atomic mass is 10.1. The highest BCUT2D eigenvalue weighted by Crippen LogP contribution is 2.21. The first-order chi connectivity index (χ1) is 16.4. The van der Waals surface area contributed by atoms with E-state index in [0.717, 1.165) is 11.8 Å². The van der Waals surface area contributed by atoms with Crippen molar-refractivity contribution in [3.05, 3.63) is 105 Å². The van der Waals surface area contributed by atoms with Gasteiger partial charge in [-0.25, -0.2) is 10.4 Å². The first kappa shape index (κ1) is 22.9. The number of amides is 1. The molecule has 0 unspecified atom stereocenters. The van der Waals surface area contributed by atoms with Crippen LogP contribution in [0.25, 0.3) is 16.6 Å². The molecular formula is C24H19N5O4S. The summed E-state index contributed by atoms with van der Waals surface area (Å²) in [6, 6.07) is 22.1. The lowest BCUT2D eigenvalue weighted by Crippen LogP contribution is -2.24. The Balaban J connectivity index is 1.55. The SMILES string of the molecule is C/C(=N/NC(=O)CSc1nc2ccccc2c(=O)n1-c1ccccc1)c1cccc([N+](=O)[O-])c1. The van der Waals surface area contributed by atoms with Crippen LogP contribution < -0.4 is 11.0 Å². The highest BCUT2D eigenvalue weighted by atomic mass is 32.2. The Morgan fingerprint density at radius 3 is 2.59 bits per heavy atom. The first-order valence-corrected chi connectivity index (χ1v) is 11.2.